The van der Waals surface area contributed by atoms with E-state index in [0.717, 1.165) is 25.9 Å². The molecule has 1 unspecified atom stereocenters. The topological polar surface area (TPSA) is 61.9 Å². The first-order valence-corrected chi connectivity index (χ1v) is 9.06. The lowest BCUT2D eigenvalue weighted by molar-refractivity contribution is -0.133. The highest BCUT2D eigenvalue weighted by Gasteiger charge is 2.42. The van der Waals surface area contributed by atoms with Gasteiger partial charge in [-0.05, 0) is 60.8 Å². The lowest BCUT2D eigenvalue weighted by atomic mass is 9.88. The van der Waals surface area contributed by atoms with Crippen LogP contribution in [-0.2, 0) is 9.53 Å². The minimum Gasteiger partial charge on any atom is -0.444 e. The zero-order chi connectivity index (χ0) is 18.1. The quantitative estimate of drug-likeness (QED) is 0.857. The third-order valence-electron chi connectivity index (χ3n) is 5.01. The highest BCUT2D eigenvalue weighted by atomic mass is 16.6. The molecule has 0 aliphatic carbocycles. The maximum absolute atomic E-state index is 12.6. The molecule has 2 rings (SSSR count). The summed E-state index contributed by atoms with van der Waals surface area (Å²) < 4.78 is 5.38. The van der Waals surface area contributed by atoms with Gasteiger partial charge in [0.2, 0.25) is 5.91 Å². The number of nitrogens with zero attached hydrogens (tertiary/aromatic N) is 2. The van der Waals surface area contributed by atoms with Gasteiger partial charge in [0.25, 0.3) is 0 Å². The molecule has 1 N–H and O–H groups in total. The Bertz CT molecular complexity index is 476. The average molecular weight is 339 g/mol. The molecule has 0 aromatic carbocycles. The zero-order valence-electron chi connectivity index (χ0n) is 16.0. The largest absolute Gasteiger partial charge is 0.444 e. The molecule has 2 amide bonds. The lowest BCUT2D eigenvalue weighted by Crippen LogP contribution is -2.63. The Kier molecular flexibility index (Phi) is 5.47. The van der Waals surface area contributed by atoms with Crippen LogP contribution in [0.25, 0.3) is 0 Å². The van der Waals surface area contributed by atoms with Gasteiger partial charge < -0.3 is 15.0 Å². The van der Waals surface area contributed by atoms with Gasteiger partial charge in [-0.15, -0.1) is 0 Å². The van der Waals surface area contributed by atoms with E-state index in [4.69, 9.17) is 4.74 Å². The first-order chi connectivity index (χ1) is 11.0. The fraction of sp³-hybridized carbons (Fsp3) is 0.889. The highest BCUT2D eigenvalue weighted by Crippen LogP contribution is 2.26. The molecule has 2 aliphatic rings. The molecule has 24 heavy (non-hydrogen) atoms. The van der Waals surface area contributed by atoms with Crippen LogP contribution in [0.3, 0.4) is 0 Å². The van der Waals surface area contributed by atoms with Gasteiger partial charge >= 0.3 is 6.09 Å². The number of likely N-dealkylation sites (tertiary alicyclic amines) is 2. The predicted molar refractivity (Wildman–Crippen MR) is 93.8 cm³/mol. The first kappa shape index (κ1) is 19.0. The maximum atomic E-state index is 12.6. The van der Waals surface area contributed by atoms with E-state index < -0.39 is 11.7 Å². The van der Waals surface area contributed by atoms with Crippen molar-refractivity contribution < 1.29 is 14.3 Å². The number of hydrogen-bond acceptors (Lipinski definition) is 4. The van der Waals surface area contributed by atoms with E-state index in [1.165, 1.54) is 4.90 Å². The molecule has 0 spiro atoms. The van der Waals surface area contributed by atoms with Crippen LogP contribution in [0.5, 0.6) is 0 Å². The molecule has 0 aromatic rings. The third kappa shape index (κ3) is 4.62. The van der Waals surface area contributed by atoms with Gasteiger partial charge in [-0.25, -0.2) is 4.79 Å². The number of hydrogen-bond donors (Lipinski definition) is 1. The summed E-state index contributed by atoms with van der Waals surface area (Å²) in [5.41, 5.74) is -0.721. The van der Waals surface area contributed by atoms with Crippen molar-refractivity contribution in [2.45, 2.75) is 84.0 Å². The van der Waals surface area contributed by atoms with Crippen molar-refractivity contribution in [3.05, 3.63) is 0 Å². The Labute approximate surface area is 145 Å². The lowest BCUT2D eigenvalue weighted by Gasteiger charge is -2.45. The number of amides is 2. The number of carbonyl (C=O) groups is 2. The van der Waals surface area contributed by atoms with Crippen LogP contribution < -0.4 is 5.32 Å². The first-order valence-electron chi connectivity index (χ1n) is 9.06. The van der Waals surface area contributed by atoms with Crippen LogP contribution in [0.15, 0.2) is 0 Å². The van der Waals surface area contributed by atoms with E-state index in [-0.39, 0.29) is 17.5 Å². The number of carbonyl (C=O) groups excluding carboxylic acids is 2. The summed E-state index contributed by atoms with van der Waals surface area (Å²) in [4.78, 5) is 28.8. The minimum absolute atomic E-state index is 0.0485. The Morgan fingerprint density at radius 2 is 1.75 bits per heavy atom. The van der Waals surface area contributed by atoms with E-state index in [1.54, 1.807) is 0 Å². The number of nitrogens with one attached hydrogen (secondary N) is 1. The summed E-state index contributed by atoms with van der Waals surface area (Å²) in [5.74, 6) is -0.0485. The van der Waals surface area contributed by atoms with Crippen LogP contribution in [0.4, 0.5) is 4.79 Å². The minimum atomic E-state index is -0.538. The van der Waals surface area contributed by atoms with E-state index >= 15 is 0 Å². The summed E-state index contributed by atoms with van der Waals surface area (Å²) in [6, 6.07) is 0.152. The molecule has 2 aliphatic heterocycles. The second-order valence-corrected chi connectivity index (χ2v) is 8.66. The van der Waals surface area contributed by atoms with E-state index in [2.05, 4.69) is 31.0 Å². The van der Waals surface area contributed by atoms with Crippen LogP contribution in [-0.4, -0.2) is 64.7 Å². The smallest absolute Gasteiger partial charge is 0.410 e. The van der Waals surface area contributed by atoms with E-state index in [9.17, 15) is 9.59 Å². The average Bonchev–Trinajstić information content (AvgIpc) is 2.34. The van der Waals surface area contributed by atoms with Gasteiger partial charge in [0.15, 0.2) is 0 Å². The molecule has 6 heteroatoms. The van der Waals surface area contributed by atoms with Crippen LogP contribution in [0.2, 0.25) is 0 Å². The second kappa shape index (κ2) is 6.90. The monoisotopic (exact) mass is 339 g/mol. The van der Waals surface area contributed by atoms with Crippen molar-refractivity contribution in [1.82, 2.24) is 15.1 Å². The molecule has 2 saturated heterocycles. The third-order valence-corrected chi connectivity index (χ3v) is 5.01. The molecule has 0 radical (unpaired) electrons. The zero-order valence-corrected chi connectivity index (χ0v) is 16.0. The Morgan fingerprint density at radius 3 is 2.17 bits per heavy atom. The summed E-state index contributed by atoms with van der Waals surface area (Å²) in [5, 5.41) is 3.19. The van der Waals surface area contributed by atoms with Crippen LogP contribution in [0, 0.1) is 0 Å². The number of rotatable bonds is 3. The molecule has 0 saturated carbocycles. The van der Waals surface area contributed by atoms with E-state index in [1.807, 2.05) is 20.8 Å². The number of ether oxygens (including phenoxy) is 1. The van der Waals surface area contributed by atoms with Gasteiger partial charge in [-0.1, -0.05) is 0 Å². The van der Waals surface area contributed by atoms with E-state index in [0.29, 0.717) is 19.0 Å². The highest BCUT2D eigenvalue weighted by molar-refractivity contribution is 5.87. The van der Waals surface area contributed by atoms with Gasteiger partial charge in [0.1, 0.15) is 11.6 Å². The fourth-order valence-electron chi connectivity index (χ4n) is 3.24. The van der Waals surface area contributed by atoms with Crippen molar-refractivity contribution in [2.24, 2.45) is 0 Å². The van der Waals surface area contributed by atoms with Gasteiger partial charge in [-0.2, -0.15) is 0 Å². The molecule has 1 atom stereocenters. The van der Waals surface area contributed by atoms with Crippen molar-refractivity contribution in [3.63, 3.8) is 0 Å². The molecular weight excluding hydrogens is 306 g/mol. The van der Waals surface area contributed by atoms with Crippen molar-refractivity contribution in [1.29, 1.82) is 0 Å². The fourth-order valence-corrected chi connectivity index (χ4v) is 3.24. The Morgan fingerprint density at radius 1 is 1.17 bits per heavy atom. The predicted octanol–water partition coefficient (Wildman–Crippen LogP) is 2.37. The standard InChI is InChI=1S/C18H33N3O3/c1-13(2)20-11-8-18(6,9-12-20)19-15(22)14-7-10-21(14)16(23)24-17(3,4)5/h13-14H,7-12H2,1-6H3,(H,19,22). The molecule has 2 heterocycles. The van der Waals surface area contributed by atoms with Crippen LogP contribution in [0.1, 0.15) is 60.8 Å². The SMILES string of the molecule is CC(C)N1CCC(C)(NC(=O)C2CCN2C(=O)OC(C)(C)C)CC1. The Balaban J connectivity index is 1.87. The van der Waals surface area contributed by atoms with Gasteiger partial charge in [0, 0.05) is 31.2 Å². The van der Waals surface area contributed by atoms with Crippen molar-refractivity contribution in [3.8, 4) is 0 Å². The normalized spacial score (nSPS) is 24.5. The Hall–Kier alpha value is -1.30. The molecule has 138 valence electrons. The van der Waals surface area contributed by atoms with Crippen molar-refractivity contribution in [2.75, 3.05) is 19.6 Å². The molecule has 6 nitrogen and oxygen atoms in total. The summed E-state index contributed by atoms with van der Waals surface area (Å²) in [7, 11) is 0. The van der Waals surface area contributed by atoms with Crippen LogP contribution >= 0.6 is 0 Å². The maximum Gasteiger partial charge on any atom is 0.410 e. The molecule has 2 fully saturated rings. The second-order valence-electron chi connectivity index (χ2n) is 8.66. The summed E-state index contributed by atoms with van der Waals surface area (Å²) in [6.07, 6.45) is 2.19. The molecule has 0 bridgehead atoms. The van der Waals surface area contributed by atoms with Gasteiger partial charge in [-0.3, -0.25) is 9.69 Å². The van der Waals surface area contributed by atoms with Gasteiger partial charge in [0.05, 0.1) is 0 Å². The number of piperidine rings is 1. The van der Waals surface area contributed by atoms with Crippen molar-refractivity contribution >= 4 is 12.0 Å². The summed E-state index contributed by atoms with van der Waals surface area (Å²) in [6.45, 7) is 14.6. The summed E-state index contributed by atoms with van der Waals surface area (Å²) >= 11 is 0. The molecule has 0 aromatic heterocycles. The molecular formula is C18H33N3O3.